The summed E-state index contributed by atoms with van der Waals surface area (Å²) >= 11 is 0. The zero-order valence-corrected chi connectivity index (χ0v) is 10.2. The van der Waals surface area contributed by atoms with Gasteiger partial charge in [0.15, 0.2) is 0 Å². The van der Waals surface area contributed by atoms with E-state index in [-0.39, 0.29) is 5.91 Å². The highest BCUT2D eigenvalue weighted by molar-refractivity contribution is 5.95. The van der Waals surface area contributed by atoms with E-state index in [1.807, 2.05) is 4.90 Å². The molecule has 1 saturated heterocycles. The summed E-state index contributed by atoms with van der Waals surface area (Å²) in [5.41, 5.74) is 6.26. The van der Waals surface area contributed by atoms with Crippen molar-refractivity contribution in [2.24, 2.45) is 0 Å². The van der Waals surface area contributed by atoms with E-state index in [2.05, 4.69) is 11.9 Å². The van der Waals surface area contributed by atoms with Gasteiger partial charge in [-0.15, -0.1) is 0 Å². The molecule has 1 aromatic heterocycles. The number of hydrogen-bond acceptors (Lipinski definition) is 3. The molecule has 1 amide bonds. The molecule has 0 aromatic carbocycles. The standard InChI is InChI=1S/C13H19N3O/c1-2-11-5-3-4-8-16(11)13(17)10-6-7-15-12(14)9-10/h6-7,9,11H,2-5,8H2,1H3,(H2,14,15). The Morgan fingerprint density at radius 1 is 1.59 bits per heavy atom. The second kappa shape index (κ2) is 5.17. The molecule has 4 heteroatoms. The first-order valence-corrected chi connectivity index (χ1v) is 6.25. The zero-order valence-electron chi connectivity index (χ0n) is 10.2. The van der Waals surface area contributed by atoms with Crippen molar-refractivity contribution in [3.05, 3.63) is 23.9 Å². The first-order valence-electron chi connectivity index (χ1n) is 6.25. The molecule has 1 aromatic rings. The van der Waals surface area contributed by atoms with Crippen LogP contribution in [0, 0.1) is 0 Å². The van der Waals surface area contributed by atoms with Crippen molar-refractivity contribution in [2.75, 3.05) is 12.3 Å². The fourth-order valence-electron chi connectivity index (χ4n) is 2.44. The maximum Gasteiger partial charge on any atom is 0.254 e. The molecule has 1 aliphatic rings. The van der Waals surface area contributed by atoms with Crippen LogP contribution >= 0.6 is 0 Å². The van der Waals surface area contributed by atoms with Crippen LogP contribution in [0.15, 0.2) is 18.3 Å². The number of aromatic nitrogens is 1. The third-order valence-electron chi connectivity index (χ3n) is 3.39. The molecule has 1 fully saturated rings. The minimum atomic E-state index is 0.0886. The summed E-state index contributed by atoms with van der Waals surface area (Å²) < 4.78 is 0. The molecule has 0 saturated carbocycles. The Hall–Kier alpha value is -1.58. The number of rotatable bonds is 2. The third kappa shape index (κ3) is 2.57. The van der Waals surface area contributed by atoms with Gasteiger partial charge in [-0.3, -0.25) is 4.79 Å². The van der Waals surface area contributed by atoms with Gasteiger partial charge in [0.1, 0.15) is 5.82 Å². The van der Waals surface area contributed by atoms with Crippen LogP contribution in [0.2, 0.25) is 0 Å². The average Bonchev–Trinajstić information content (AvgIpc) is 2.38. The Balaban J connectivity index is 2.18. The molecular weight excluding hydrogens is 214 g/mol. The zero-order chi connectivity index (χ0) is 12.3. The molecule has 1 unspecified atom stereocenters. The van der Waals surface area contributed by atoms with Gasteiger partial charge in [0.05, 0.1) is 0 Å². The molecule has 1 aliphatic heterocycles. The van der Waals surface area contributed by atoms with Crippen LogP contribution in [0.3, 0.4) is 0 Å². The van der Waals surface area contributed by atoms with E-state index >= 15 is 0 Å². The van der Waals surface area contributed by atoms with Crippen molar-refractivity contribution < 1.29 is 4.79 Å². The van der Waals surface area contributed by atoms with Gasteiger partial charge in [-0.2, -0.15) is 0 Å². The normalized spacial score (nSPS) is 20.3. The van der Waals surface area contributed by atoms with Gasteiger partial charge in [0, 0.05) is 24.3 Å². The Morgan fingerprint density at radius 3 is 3.12 bits per heavy atom. The highest BCUT2D eigenvalue weighted by atomic mass is 16.2. The van der Waals surface area contributed by atoms with Crippen LogP contribution in [0.1, 0.15) is 43.0 Å². The average molecular weight is 233 g/mol. The largest absolute Gasteiger partial charge is 0.384 e. The molecule has 1 atom stereocenters. The van der Waals surface area contributed by atoms with Gasteiger partial charge in [0.25, 0.3) is 5.91 Å². The second-order valence-electron chi connectivity index (χ2n) is 4.53. The lowest BCUT2D eigenvalue weighted by atomic mass is 9.99. The van der Waals surface area contributed by atoms with Gasteiger partial charge in [-0.05, 0) is 37.8 Å². The van der Waals surface area contributed by atoms with E-state index in [0.717, 1.165) is 25.8 Å². The topological polar surface area (TPSA) is 59.2 Å². The predicted molar refractivity (Wildman–Crippen MR) is 67.6 cm³/mol. The first kappa shape index (κ1) is 11.9. The molecule has 2 heterocycles. The van der Waals surface area contributed by atoms with Crippen molar-refractivity contribution >= 4 is 11.7 Å². The molecule has 4 nitrogen and oxygen atoms in total. The lowest BCUT2D eigenvalue weighted by Crippen LogP contribution is -2.43. The molecule has 17 heavy (non-hydrogen) atoms. The number of amides is 1. The molecular formula is C13H19N3O. The van der Waals surface area contributed by atoms with Crippen LogP contribution < -0.4 is 5.73 Å². The van der Waals surface area contributed by atoms with E-state index in [0.29, 0.717) is 17.4 Å². The number of nitrogen functional groups attached to an aromatic ring is 1. The summed E-state index contributed by atoms with van der Waals surface area (Å²) in [5, 5.41) is 0. The summed E-state index contributed by atoms with van der Waals surface area (Å²) in [6, 6.07) is 3.77. The molecule has 92 valence electrons. The maximum absolute atomic E-state index is 12.4. The van der Waals surface area contributed by atoms with Gasteiger partial charge in [-0.1, -0.05) is 6.92 Å². The van der Waals surface area contributed by atoms with Crippen LogP contribution in [-0.2, 0) is 0 Å². The number of pyridine rings is 1. The summed E-state index contributed by atoms with van der Waals surface area (Å²) in [6.45, 7) is 3.00. The van der Waals surface area contributed by atoms with E-state index in [9.17, 15) is 4.79 Å². The SMILES string of the molecule is CCC1CCCCN1C(=O)c1ccnc(N)c1. The molecule has 0 radical (unpaired) electrons. The molecule has 2 rings (SSSR count). The fourth-order valence-corrected chi connectivity index (χ4v) is 2.44. The predicted octanol–water partition coefficient (Wildman–Crippen LogP) is 2.07. The van der Waals surface area contributed by atoms with Crippen molar-refractivity contribution in [3.8, 4) is 0 Å². The molecule has 0 aliphatic carbocycles. The van der Waals surface area contributed by atoms with Crippen LogP contribution in [0.25, 0.3) is 0 Å². The lowest BCUT2D eigenvalue weighted by molar-refractivity contribution is 0.0608. The highest BCUT2D eigenvalue weighted by Crippen LogP contribution is 2.21. The number of piperidine rings is 1. The van der Waals surface area contributed by atoms with Crippen molar-refractivity contribution in [2.45, 2.75) is 38.6 Å². The Morgan fingerprint density at radius 2 is 2.41 bits per heavy atom. The fraction of sp³-hybridized carbons (Fsp3) is 0.538. The molecule has 2 N–H and O–H groups in total. The number of nitrogens with zero attached hydrogens (tertiary/aromatic N) is 2. The van der Waals surface area contributed by atoms with E-state index in [1.54, 1.807) is 18.3 Å². The Kier molecular flexibility index (Phi) is 3.61. The smallest absolute Gasteiger partial charge is 0.254 e. The lowest BCUT2D eigenvalue weighted by Gasteiger charge is -2.35. The van der Waals surface area contributed by atoms with E-state index in [1.165, 1.54) is 6.42 Å². The monoisotopic (exact) mass is 233 g/mol. The number of nitrogens with two attached hydrogens (primary N) is 1. The van der Waals surface area contributed by atoms with Crippen LogP contribution in [-0.4, -0.2) is 28.4 Å². The molecule has 0 bridgehead atoms. The Labute approximate surface area is 102 Å². The first-order chi connectivity index (χ1) is 8.22. The third-order valence-corrected chi connectivity index (χ3v) is 3.39. The summed E-state index contributed by atoms with van der Waals surface area (Å²) in [4.78, 5) is 18.3. The summed E-state index contributed by atoms with van der Waals surface area (Å²) in [6.07, 6.45) is 6.05. The number of hydrogen-bond donors (Lipinski definition) is 1. The van der Waals surface area contributed by atoms with Gasteiger partial charge in [0.2, 0.25) is 0 Å². The summed E-state index contributed by atoms with van der Waals surface area (Å²) in [7, 11) is 0. The minimum absolute atomic E-state index is 0.0886. The molecule has 0 spiro atoms. The maximum atomic E-state index is 12.4. The summed E-state index contributed by atoms with van der Waals surface area (Å²) in [5.74, 6) is 0.492. The second-order valence-corrected chi connectivity index (χ2v) is 4.53. The van der Waals surface area contributed by atoms with Gasteiger partial charge >= 0.3 is 0 Å². The van der Waals surface area contributed by atoms with E-state index in [4.69, 9.17) is 5.73 Å². The number of carbonyl (C=O) groups is 1. The van der Waals surface area contributed by atoms with Gasteiger partial charge < -0.3 is 10.6 Å². The van der Waals surface area contributed by atoms with Gasteiger partial charge in [-0.25, -0.2) is 4.98 Å². The van der Waals surface area contributed by atoms with E-state index < -0.39 is 0 Å². The number of carbonyl (C=O) groups excluding carboxylic acids is 1. The van der Waals surface area contributed by atoms with Crippen molar-refractivity contribution in [3.63, 3.8) is 0 Å². The number of anilines is 1. The highest BCUT2D eigenvalue weighted by Gasteiger charge is 2.26. The Bertz CT molecular complexity index is 405. The number of likely N-dealkylation sites (tertiary alicyclic amines) is 1. The van der Waals surface area contributed by atoms with Crippen LogP contribution in [0.5, 0.6) is 0 Å². The quantitative estimate of drug-likeness (QED) is 0.850. The minimum Gasteiger partial charge on any atom is -0.384 e. The van der Waals surface area contributed by atoms with Crippen molar-refractivity contribution in [1.29, 1.82) is 0 Å². The van der Waals surface area contributed by atoms with Crippen molar-refractivity contribution in [1.82, 2.24) is 9.88 Å². The van der Waals surface area contributed by atoms with Crippen LogP contribution in [0.4, 0.5) is 5.82 Å².